The van der Waals surface area contributed by atoms with Gasteiger partial charge in [-0.25, -0.2) is 9.37 Å². The first-order valence-corrected chi connectivity index (χ1v) is 5.34. The van der Waals surface area contributed by atoms with Gasteiger partial charge in [0.15, 0.2) is 11.6 Å². The highest BCUT2D eigenvalue weighted by atomic mass is 19.2. The summed E-state index contributed by atoms with van der Waals surface area (Å²) in [6.45, 7) is 1.53. The van der Waals surface area contributed by atoms with E-state index in [9.17, 15) is 13.9 Å². The zero-order chi connectivity index (χ0) is 13.1. The molecule has 0 amide bonds. The van der Waals surface area contributed by atoms with Gasteiger partial charge < -0.3 is 9.84 Å². The fraction of sp³-hybridized carbons (Fsp3) is 0.154. The summed E-state index contributed by atoms with van der Waals surface area (Å²) >= 11 is 0. The van der Waals surface area contributed by atoms with Crippen molar-refractivity contribution in [2.75, 3.05) is 0 Å². The van der Waals surface area contributed by atoms with Crippen LogP contribution in [0, 0.1) is 11.6 Å². The Labute approximate surface area is 103 Å². The quantitative estimate of drug-likeness (QED) is 0.910. The Bertz CT molecular complexity index is 558. The standard InChI is InChI=1S/C13H11F2NO2/c1-8(17)9-4-3-7-16-13(9)18-11-6-2-5-10(14)12(11)15/h2-8,17H,1H3/t8-/m0/s1. The maximum Gasteiger partial charge on any atom is 0.225 e. The number of hydrogen-bond donors (Lipinski definition) is 1. The molecule has 0 unspecified atom stereocenters. The molecule has 2 aromatic rings. The van der Waals surface area contributed by atoms with Gasteiger partial charge >= 0.3 is 0 Å². The summed E-state index contributed by atoms with van der Waals surface area (Å²) in [5.41, 5.74) is 0.404. The molecule has 0 saturated carbocycles. The van der Waals surface area contributed by atoms with Crippen molar-refractivity contribution in [3.63, 3.8) is 0 Å². The molecule has 1 heterocycles. The van der Waals surface area contributed by atoms with Crippen molar-refractivity contribution >= 4 is 0 Å². The monoisotopic (exact) mass is 251 g/mol. The third-order valence-corrected chi connectivity index (χ3v) is 2.37. The van der Waals surface area contributed by atoms with E-state index in [1.807, 2.05) is 0 Å². The van der Waals surface area contributed by atoms with Gasteiger partial charge in [-0.15, -0.1) is 0 Å². The Morgan fingerprint density at radius 1 is 1.22 bits per heavy atom. The summed E-state index contributed by atoms with van der Waals surface area (Å²) in [5, 5.41) is 9.52. The number of aliphatic hydroxyl groups is 1. The highest BCUT2D eigenvalue weighted by Crippen LogP contribution is 2.29. The van der Waals surface area contributed by atoms with Crippen molar-refractivity contribution in [1.29, 1.82) is 0 Å². The van der Waals surface area contributed by atoms with E-state index in [4.69, 9.17) is 4.74 Å². The van der Waals surface area contributed by atoms with E-state index in [0.717, 1.165) is 6.07 Å². The molecule has 0 spiro atoms. The SMILES string of the molecule is C[C@H](O)c1cccnc1Oc1cccc(F)c1F. The summed E-state index contributed by atoms with van der Waals surface area (Å²) in [7, 11) is 0. The minimum atomic E-state index is -1.08. The van der Waals surface area contributed by atoms with Crippen LogP contribution >= 0.6 is 0 Å². The molecule has 1 aromatic heterocycles. The van der Waals surface area contributed by atoms with Crippen LogP contribution in [0.15, 0.2) is 36.5 Å². The average Bonchev–Trinajstić information content (AvgIpc) is 2.35. The Kier molecular flexibility index (Phi) is 3.53. The van der Waals surface area contributed by atoms with Crippen LogP contribution in [-0.2, 0) is 0 Å². The summed E-state index contributed by atoms with van der Waals surface area (Å²) < 4.78 is 31.6. The number of rotatable bonds is 3. The van der Waals surface area contributed by atoms with Gasteiger partial charge in [0.05, 0.1) is 6.10 Å². The lowest BCUT2D eigenvalue weighted by atomic mass is 10.2. The van der Waals surface area contributed by atoms with Crippen LogP contribution in [0.1, 0.15) is 18.6 Å². The van der Waals surface area contributed by atoms with Gasteiger partial charge in [-0.05, 0) is 31.2 Å². The molecule has 2 rings (SSSR count). The van der Waals surface area contributed by atoms with E-state index in [2.05, 4.69) is 4.98 Å². The van der Waals surface area contributed by atoms with Crippen molar-refractivity contribution in [3.8, 4) is 11.6 Å². The number of aliphatic hydroxyl groups excluding tert-OH is 1. The van der Waals surface area contributed by atoms with Crippen LogP contribution in [0.25, 0.3) is 0 Å². The lowest BCUT2D eigenvalue weighted by Crippen LogP contribution is -1.99. The van der Waals surface area contributed by atoms with Gasteiger partial charge in [-0.2, -0.15) is 4.39 Å². The average molecular weight is 251 g/mol. The molecule has 0 saturated heterocycles. The van der Waals surface area contributed by atoms with Crippen LogP contribution in [0.4, 0.5) is 8.78 Å². The van der Waals surface area contributed by atoms with Crippen molar-refractivity contribution in [2.24, 2.45) is 0 Å². The topological polar surface area (TPSA) is 42.4 Å². The number of aromatic nitrogens is 1. The van der Waals surface area contributed by atoms with Crippen LogP contribution in [-0.4, -0.2) is 10.1 Å². The maximum atomic E-state index is 13.4. The molecule has 94 valence electrons. The summed E-state index contributed by atoms with van der Waals surface area (Å²) in [6, 6.07) is 6.84. The largest absolute Gasteiger partial charge is 0.435 e. The zero-order valence-electron chi connectivity index (χ0n) is 9.60. The molecule has 1 N–H and O–H groups in total. The second-order valence-corrected chi connectivity index (χ2v) is 3.73. The molecule has 0 aliphatic carbocycles. The first-order chi connectivity index (χ1) is 8.59. The molecule has 0 aliphatic heterocycles. The predicted octanol–water partition coefficient (Wildman–Crippen LogP) is 3.21. The van der Waals surface area contributed by atoms with Gasteiger partial charge in [-0.3, -0.25) is 0 Å². The molecule has 0 radical (unpaired) electrons. The van der Waals surface area contributed by atoms with Crippen molar-refractivity contribution in [2.45, 2.75) is 13.0 Å². The fourth-order valence-electron chi connectivity index (χ4n) is 1.47. The Morgan fingerprint density at radius 3 is 2.72 bits per heavy atom. The van der Waals surface area contributed by atoms with Crippen molar-refractivity contribution in [1.82, 2.24) is 4.98 Å². The van der Waals surface area contributed by atoms with Crippen LogP contribution in [0.3, 0.4) is 0 Å². The Hall–Kier alpha value is -2.01. The minimum absolute atomic E-state index is 0.0528. The molecule has 0 fully saturated rings. The predicted molar refractivity (Wildman–Crippen MR) is 61.3 cm³/mol. The number of halogens is 2. The lowest BCUT2D eigenvalue weighted by Gasteiger charge is -2.12. The normalized spacial score (nSPS) is 12.2. The Balaban J connectivity index is 2.37. The fourth-order valence-corrected chi connectivity index (χ4v) is 1.47. The lowest BCUT2D eigenvalue weighted by molar-refractivity contribution is 0.194. The van der Waals surface area contributed by atoms with Crippen LogP contribution < -0.4 is 4.74 Å². The van der Waals surface area contributed by atoms with Gasteiger partial charge in [0.25, 0.3) is 0 Å². The minimum Gasteiger partial charge on any atom is -0.435 e. The Morgan fingerprint density at radius 2 is 2.00 bits per heavy atom. The van der Waals surface area contributed by atoms with Gasteiger partial charge in [0.2, 0.25) is 11.7 Å². The number of ether oxygens (including phenoxy) is 1. The number of benzene rings is 1. The summed E-state index contributed by atoms with van der Waals surface area (Å²) in [6.07, 6.45) is 0.628. The third-order valence-electron chi connectivity index (χ3n) is 2.37. The second-order valence-electron chi connectivity index (χ2n) is 3.73. The van der Waals surface area contributed by atoms with E-state index in [0.29, 0.717) is 5.56 Å². The van der Waals surface area contributed by atoms with Gasteiger partial charge in [0, 0.05) is 11.8 Å². The zero-order valence-corrected chi connectivity index (χ0v) is 9.60. The van der Waals surface area contributed by atoms with E-state index >= 15 is 0 Å². The first-order valence-electron chi connectivity index (χ1n) is 5.34. The van der Waals surface area contributed by atoms with E-state index in [1.54, 1.807) is 12.1 Å². The van der Waals surface area contributed by atoms with Crippen LogP contribution in [0.5, 0.6) is 11.6 Å². The molecule has 0 aliphatic rings. The van der Waals surface area contributed by atoms with Gasteiger partial charge in [-0.1, -0.05) is 6.07 Å². The highest BCUT2D eigenvalue weighted by molar-refractivity contribution is 5.34. The molecular formula is C13H11F2NO2. The van der Waals surface area contributed by atoms with E-state index < -0.39 is 17.7 Å². The maximum absolute atomic E-state index is 13.4. The van der Waals surface area contributed by atoms with Crippen LogP contribution in [0.2, 0.25) is 0 Å². The van der Waals surface area contributed by atoms with Crippen molar-refractivity contribution < 1.29 is 18.6 Å². The molecule has 3 nitrogen and oxygen atoms in total. The molecular weight excluding hydrogens is 240 g/mol. The summed E-state index contributed by atoms with van der Waals surface area (Å²) in [4.78, 5) is 3.89. The second kappa shape index (κ2) is 5.10. The highest BCUT2D eigenvalue weighted by Gasteiger charge is 2.14. The third kappa shape index (κ3) is 2.46. The van der Waals surface area contributed by atoms with E-state index in [-0.39, 0.29) is 11.6 Å². The molecule has 18 heavy (non-hydrogen) atoms. The number of pyridine rings is 1. The summed E-state index contributed by atoms with van der Waals surface area (Å²) in [5.74, 6) is -2.30. The number of hydrogen-bond acceptors (Lipinski definition) is 3. The first kappa shape index (κ1) is 12.4. The molecule has 1 atom stereocenters. The smallest absolute Gasteiger partial charge is 0.225 e. The molecule has 0 bridgehead atoms. The number of nitrogens with zero attached hydrogens (tertiary/aromatic N) is 1. The van der Waals surface area contributed by atoms with Crippen molar-refractivity contribution in [3.05, 3.63) is 53.7 Å². The van der Waals surface area contributed by atoms with E-state index in [1.165, 1.54) is 25.3 Å². The van der Waals surface area contributed by atoms with Gasteiger partial charge in [0.1, 0.15) is 0 Å². The molecule has 5 heteroatoms. The molecule has 1 aromatic carbocycles.